The highest BCUT2D eigenvalue weighted by molar-refractivity contribution is 9.10. The van der Waals surface area contributed by atoms with Gasteiger partial charge in [-0.1, -0.05) is 42.5 Å². The molecule has 8 heteroatoms. The van der Waals surface area contributed by atoms with Crippen LogP contribution in [0.4, 0.5) is 0 Å². The molecule has 2 aromatic carbocycles. The highest BCUT2D eigenvalue weighted by Crippen LogP contribution is 2.38. The Labute approximate surface area is 221 Å². The number of likely N-dealkylation sites (tertiary alicyclic amines) is 1. The summed E-state index contributed by atoms with van der Waals surface area (Å²) in [7, 11) is -4.03. The average molecular weight is 572 g/mol. The van der Waals surface area contributed by atoms with Gasteiger partial charge in [-0.3, -0.25) is 14.7 Å². The van der Waals surface area contributed by atoms with Gasteiger partial charge in [-0.2, -0.15) is 0 Å². The summed E-state index contributed by atoms with van der Waals surface area (Å²) in [5.74, 6) is -0.673. The van der Waals surface area contributed by atoms with E-state index < -0.39 is 26.2 Å². The standard InChI is InChI=1S/C28H31BrN2O4S/c1-27(2,3)35-26(32)28(15-17-31(18-16-28)20-21-7-5-4-6-8-21)36(33,34)24-12-9-22(10-13-24)25-14-11-23(29)19-30-25/h4-14,19H,15-18,20H2,1-3H3. The zero-order valence-corrected chi connectivity index (χ0v) is 23.2. The van der Waals surface area contributed by atoms with E-state index in [9.17, 15) is 13.2 Å². The summed E-state index contributed by atoms with van der Waals surface area (Å²) in [6.45, 7) is 6.95. The third kappa shape index (κ3) is 5.71. The van der Waals surface area contributed by atoms with E-state index in [1.54, 1.807) is 51.2 Å². The van der Waals surface area contributed by atoms with Gasteiger partial charge in [0.25, 0.3) is 0 Å². The molecule has 0 unspecified atom stereocenters. The van der Waals surface area contributed by atoms with E-state index in [2.05, 4.69) is 25.8 Å². The van der Waals surface area contributed by atoms with Crippen molar-refractivity contribution in [3.05, 3.63) is 83.0 Å². The van der Waals surface area contributed by atoms with Gasteiger partial charge in [0.1, 0.15) is 5.60 Å². The molecule has 1 aliphatic rings. The summed E-state index contributed by atoms with van der Waals surface area (Å²) in [6, 6.07) is 20.4. The number of halogens is 1. The minimum Gasteiger partial charge on any atom is -0.459 e. The van der Waals surface area contributed by atoms with Gasteiger partial charge in [0.2, 0.25) is 0 Å². The van der Waals surface area contributed by atoms with E-state index in [0.717, 1.165) is 21.3 Å². The topological polar surface area (TPSA) is 76.6 Å². The van der Waals surface area contributed by atoms with Crippen LogP contribution in [0, 0.1) is 0 Å². The lowest BCUT2D eigenvalue weighted by atomic mass is 9.95. The van der Waals surface area contributed by atoms with E-state index in [1.807, 2.05) is 42.5 Å². The number of pyridine rings is 1. The Morgan fingerprint density at radius 3 is 2.19 bits per heavy atom. The highest BCUT2D eigenvalue weighted by atomic mass is 79.9. The molecule has 3 aromatic rings. The van der Waals surface area contributed by atoms with Gasteiger partial charge in [-0.25, -0.2) is 8.42 Å². The van der Waals surface area contributed by atoms with Crippen LogP contribution in [-0.4, -0.2) is 47.7 Å². The van der Waals surface area contributed by atoms with Crippen LogP contribution in [0.3, 0.4) is 0 Å². The van der Waals surface area contributed by atoms with Crippen LogP contribution in [0.15, 0.2) is 82.3 Å². The van der Waals surface area contributed by atoms with Crippen molar-refractivity contribution < 1.29 is 17.9 Å². The molecule has 1 fully saturated rings. The summed E-state index contributed by atoms with van der Waals surface area (Å²) in [5.41, 5.74) is 1.89. The van der Waals surface area contributed by atoms with Crippen molar-refractivity contribution >= 4 is 31.7 Å². The first kappa shape index (κ1) is 26.5. The average Bonchev–Trinajstić information content (AvgIpc) is 2.84. The number of nitrogens with zero attached hydrogens (tertiary/aromatic N) is 2. The SMILES string of the molecule is CC(C)(C)OC(=O)C1(S(=O)(=O)c2ccc(-c3ccc(Br)cn3)cc2)CCN(Cc2ccccc2)CC1. The van der Waals surface area contributed by atoms with E-state index in [-0.39, 0.29) is 17.7 Å². The Morgan fingerprint density at radius 1 is 1.00 bits per heavy atom. The van der Waals surface area contributed by atoms with Crippen LogP contribution < -0.4 is 0 Å². The summed E-state index contributed by atoms with van der Waals surface area (Å²) < 4.78 is 33.0. The Balaban J connectivity index is 1.62. The molecule has 1 aliphatic heterocycles. The van der Waals surface area contributed by atoms with Crippen LogP contribution >= 0.6 is 15.9 Å². The van der Waals surface area contributed by atoms with Gasteiger partial charge in [-0.15, -0.1) is 0 Å². The van der Waals surface area contributed by atoms with E-state index in [0.29, 0.717) is 19.6 Å². The van der Waals surface area contributed by atoms with Gasteiger partial charge >= 0.3 is 5.97 Å². The molecule has 6 nitrogen and oxygen atoms in total. The number of rotatable bonds is 6. The minimum absolute atomic E-state index is 0.116. The lowest BCUT2D eigenvalue weighted by Gasteiger charge is -2.40. The third-order valence-corrected chi connectivity index (χ3v) is 9.35. The van der Waals surface area contributed by atoms with Crippen LogP contribution in [0.2, 0.25) is 0 Å². The molecule has 0 spiro atoms. The number of benzene rings is 2. The van der Waals surface area contributed by atoms with Gasteiger partial charge < -0.3 is 4.74 Å². The van der Waals surface area contributed by atoms with E-state index >= 15 is 0 Å². The van der Waals surface area contributed by atoms with E-state index in [1.165, 1.54) is 0 Å². The second kappa shape index (κ2) is 10.4. The summed E-state index contributed by atoms with van der Waals surface area (Å²) >= 11 is 3.37. The van der Waals surface area contributed by atoms with Gasteiger partial charge in [0, 0.05) is 35.9 Å². The van der Waals surface area contributed by atoms with Crippen LogP contribution in [0.25, 0.3) is 11.3 Å². The molecule has 0 aliphatic carbocycles. The van der Waals surface area contributed by atoms with E-state index in [4.69, 9.17) is 4.74 Å². The second-order valence-corrected chi connectivity index (χ2v) is 13.3. The van der Waals surface area contributed by atoms with Crippen molar-refractivity contribution in [2.24, 2.45) is 0 Å². The smallest absolute Gasteiger partial charge is 0.328 e. The maximum Gasteiger partial charge on any atom is 0.328 e. The zero-order valence-electron chi connectivity index (χ0n) is 20.8. The number of carbonyl (C=O) groups excluding carboxylic acids is 1. The third-order valence-electron chi connectivity index (χ3n) is 6.39. The molecule has 190 valence electrons. The fraction of sp³-hybridized carbons (Fsp3) is 0.357. The maximum atomic E-state index is 14.1. The van der Waals surface area contributed by atoms with Crippen molar-refractivity contribution in [1.82, 2.24) is 9.88 Å². The number of ether oxygens (including phenoxy) is 1. The number of piperidine rings is 1. The van der Waals surface area contributed by atoms with Gasteiger partial charge in [0.15, 0.2) is 14.6 Å². The molecule has 0 amide bonds. The Hall–Kier alpha value is -2.55. The molecular formula is C28H31BrN2O4S. The number of aromatic nitrogens is 1. The van der Waals surface area contributed by atoms with Gasteiger partial charge in [-0.05, 0) is 79.4 Å². The first-order valence-corrected chi connectivity index (χ1v) is 14.2. The van der Waals surface area contributed by atoms with Crippen molar-refractivity contribution in [2.75, 3.05) is 13.1 Å². The summed E-state index contributed by atoms with van der Waals surface area (Å²) in [5, 5.41) is 0. The van der Waals surface area contributed by atoms with Gasteiger partial charge in [0.05, 0.1) is 10.6 Å². The molecule has 0 radical (unpaired) electrons. The molecule has 36 heavy (non-hydrogen) atoms. The highest BCUT2D eigenvalue weighted by Gasteiger charge is 2.54. The maximum absolute atomic E-state index is 14.1. The molecule has 0 saturated carbocycles. The monoisotopic (exact) mass is 570 g/mol. The minimum atomic E-state index is -4.03. The lowest BCUT2D eigenvalue weighted by Crippen LogP contribution is -2.56. The first-order chi connectivity index (χ1) is 17.0. The van der Waals surface area contributed by atoms with Crippen molar-refractivity contribution in [3.8, 4) is 11.3 Å². The van der Waals surface area contributed by atoms with Crippen molar-refractivity contribution in [3.63, 3.8) is 0 Å². The predicted molar refractivity (Wildman–Crippen MR) is 144 cm³/mol. The Kier molecular flexibility index (Phi) is 7.69. The predicted octanol–water partition coefficient (Wildman–Crippen LogP) is 5.66. The second-order valence-electron chi connectivity index (χ2n) is 10.1. The summed E-state index contributed by atoms with van der Waals surface area (Å²) in [4.78, 5) is 20.2. The molecule has 2 heterocycles. The number of hydrogen-bond donors (Lipinski definition) is 0. The molecule has 1 aromatic heterocycles. The normalized spacial score (nSPS) is 16.4. The molecule has 0 N–H and O–H groups in total. The fourth-order valence-corrected chi connectivity index (χ4v) is 6.61. The van der Waals surface area contributed by atoms with Crippen LogP contribution in [0.5, 0.6) is 0 Å². The number of hydrogen-bond acceptors (Lipinski definition) is 6. The molecule has 1 saturated heterocycles. The quantitative estimate of drug-likeness (QED) is 0.356. The first-order valence-electron chi connectivity index (χ1n) is 12.0. The fourth-order valence-electron chi connectivity index (χ4n) is 4.44. The number of carbonyl (C=O) groups is 1. The lowest BCUT2D eigenvalue weighted by molar-refractivity contribution is -0.159. The molecular weight excluding hydrogens is 540 g/mol. The zero-order chi connectivity index (χ0) is 26.0. The van der Waals surface area contributed by atoms with Crippen molar-refractivity contribution in [2.45, 2.75) is 55.4 Å². The van der Waals surface area contributed by atoms with Crippen molar-refractivity contribution in [1.29, 1.82) is 0 Å². The number of sulfone groups is 1. The summed E-state index contributed by atoms with van der Waals surface area (Å²) in [6.07, 6.45) is 2.04. The Bertz CT molecular complexity index is 1290. The number of esters is 1. The largest absolute Gasteiger partial charge is 0.459 e. The molecule has 0 atom stereocenters. The Morgan fingerprint density at radius 2 is 1.64 bits per heavy atom. The molecule has 4 rings (SSSR count). The van der Waals surface area contributed by atoms with Crippen LogP contribution in [-0.2, 0) is 25.9 Å². The van der Waals surface area contributed by atoms with Crippen LogP contribution in [0.1, 0.15) is 39.2 Å². The molecule has 0 bridgehead atoms.